The van der Waals surface area contributed by atoms with E-state index in [1.54, 1.807) is 32.0 Å². The smallest absolute Gasteiger partial charge is 0.336 e. The van der Waals surface area contributed by atoms with Gasteiger partial charge in [0.25, 0.3) is 17.3 Å². The van der Waals surface area contributed by atoms with Gasteiger partial charge in [-0.1, -0.05) is 26.0 Å². The molecular weight excluding hydrogens is 522 g/mol. The van der Waals surface area contributed by atoms with E-state index in [1.807, 2.05) is 0 Å². The van der Waals surface area contributed by atoms with E-state index in [1.165, 1.54) is 42.5 Å². The number of nitrogens with one attached hydrogen (secondary N) is 2. The Balaban J connectivity index is 1.71. The third-order valence-corrected chi connectivity index (χ3v) is 5.22. The van der Waals surface area contributed by atoms with E-state index in [-0.39, 0.29) is 40.1 Å². The van der Waals surface area contributed by atoms with E-state index in [4.69, 9.17) is 4.74 Å². The second-order valence-corrected chi connectivity index (χ2v) is 8.51. The van der Waals surface area contributed by atoms with Crippen LogP contribution in [0.15, 0.2) is 77.9 Å². The lowest BCUT2D eigenvalue weighted by Gasteiger charge is -2.08. The van der Waals surface area contributed by atoms with Crippen LogP contribution in [-0.2, 0) is 9.59 Å². The van der Waals surface area contributed by atoms with Crippen LogP contribution in [-0.4, -0.2) is 33.8 Å². The number of hydrogen-bond donors (Lipinski definition) is 2. The molecule has 0 fully saturated rings. The number of carbonyl (C=O) groups excluding carboxylic acids is 3. The molecule has 204 valence electrons. The number of nitro benzene ring substituents is 2. The molecule has 0 saturated carbocycles. The molecule has 0 atom stereocenters. The number of nitrogens with zero attached hydrogens (tertiary/aromatic N) is 3. The van der Waals surface area contributed by atoms with E-state index in [9.17, 15) is 34.6 Å². The van der Waals surface area contributed by atoms with E-state index >= 15 is 0 Å². The zero-order chi connectivity index (χ0) is 29.2. The predicted octanol–water partition coefficient (Wildman–Crippen LogP) is 4.48. The predicted molar refractivity (Wildman–Crippen MR) is 146 cm³/mol. The number of rotatable bonds is 10. The summed E-state index contributed by atoms with van der Waals surface area (Å²) in [5, 5.41) is 28.6. The quantitative estimate of drug-likeness (QED) is 0.0933. The maximum atomic E-state index is 12.4. The van der Waals surface area contributed by atoms with Crippen molar-refractivity contribution < 1.29 is 29.0 Å². The SMILES string of the molecule is CC(C)C(=O)Nc1ccc(C(=O)N/N=C/c2cc([N+](=O)[O-])ccc2OC(=O)/C=C/c2cccc([N+](=O)[O-])c2)cc1. The topological polar surface area (TPSA) is 183 Å². The van der Waals surface area contributed by atoms with Crippen molar-refractivity contribution in [3.8, 4) is 5.75 Å². The van der Waals surface area contributed by atoms with Crippen molar-refractivity contribution in [2.45, 2.75) is 13.8 Å². The standard InChI is InChI=1S/C27H23N5O8/c1-17(2)26(34)29-21-9-7-19(8-10-21)27(35)30-28-16-20-15-23(32(38)39)11-12-24(20)40-25(33)13-6-18-4-3-5-22(14-18)31(36)37/h3-17H,1-2H3,(H,29,34)(H,30,35)/b13-6+,28-16+. The van der Waals surface area contributed by atoms with Crippen LogP contribution in [0.5, 0.6) is 5.75 Å². The monoisotopic (exact) mass is 545 g/mol. The number of carbonyl (C=O) groups is 3. The van der Waals surface area contributed by atoms with E-state index < -0.39 is 21.7 Å². The van der Waals surface area contributed by atoms with Crippen molar-refractivity contribution >= 4 is 47.1 Å². The van der Waals surface area contributed by atoms with Crippen molar-refractivity contribution in [1.82, 2.24) is 5.43 Å². The fourth-order valence-corrected chi connectivity index (χ4v) is 3.11. The summed E-state index contributed by atoms with van der Waals surface area (Å²) in [7, 11) is 0. The maximum absolute atomic E-state index is 12.4. The number of esters is 1. The second kappa shape index (κ2) is 13.2. The van der Waals surface area contributed by atoms with Crippen molar-refractivity contribution in [2.75, 3.05) is 5.32 Å². The number of hydrazone groups is 1. The Morgan fingerprint density at radius 2 is 1.60 bits per heavy atom. The van der Waals surface area contributed by atoms with E-state index in [2.05, 4.69) is 15.8 Å². The van der Waals surface area contributed by atoms with Crippen molar-refractivity contribution in [1.29, 1.82) is 0 Å². The summed E-state index contributed by atoms with van der Waals surface area (Å²) in [6.07, 6.45) is 3.43. The molecule has 0 aliphatic rings. The summed E-state index contributed by atoms with van der Waals surface area (Å²) in [4.78, 5) is 57.5. The molecule has 0 aliphatic heterocycles. The van der Waals surface area contributed by atoms with Crippen LogP contribution in [0, 0.1) is 26.1 Å². The zero-order valence-electron chi connectivity index (χ0n) is 21.3. The van der Waals surface area contributed by atoms with Gasteiger partial charge in [-0.25, -0.2) is 10.2 Å². The van der Waals surface area contributed by atoms with Crippen LogP contribution >= 0.6 is 0 Å². The van der Waals surface area contributed by atoms with Gasteiger partial charge >= 0.3 is 5.97 Å². The number of anilines is 1. The van der Waals surface area contributed by atoms with Crippen molar-refractivity contribution in [3.05, 3.63) is 110 Å². The zero-order valence-corrected chi connectivity index (χ0v) is 21.3. The molecule has 40 heavy (non-hydrogen) atoms. The summed E-state index contributed by atoms with van der Waals surface area (Å²) in [5.41, 5.74) is 2.98. The molecule has 0 radical (unpaired) electrons. The maximum Gasteiger partial charge on any atom is 0.336 e. The number of benzene rings is 3. The van der Waals surface area contributed by atoms with Crippen LogP contribution in [0.1, 0.15) is 35.3 Å². The van der Waals surface area contributed by atoms with Gasteiger partial charge in [0.2, 0.25) is 5.91 Å². The molecule has 13 nitrogen and oxygen atoms in total. The minimum atomic E-state index is -0.858. The average molecular weight is 546 g/mol. The Bertz CT molecular complexity index is 1510. The Kier molecular flexibility index (Phi) is 9.51. The third kappa shape index (κ3) is 8.14. The molecule has 3 rings (SSSR count). The summed E-state index contributed by atoms with van der Waals surface area (Å²) >= 11 is 0. The van der Waals surface area contributed by atoms with Gasteiger partial charge in [-0.2, -0.15) is 5.10 Å². The summed E-state index contributed by atoms with van der Waals surface area (Å²) in [6.45, 7) is 3.50. The van der Waals surface area contributed by atoms with Crippen LogP contribution in [0.4, 0.5) is 17.1 Å². The number of non-ortho nitro benzene ring substituents is 2. The third-order valence-electron chi connectivity index (χ3n) is 5.22. The highest BCUT2D eigenvalue weighted by Gasteiger charge is 2.14. The number of ether oxygens (including phenoxy) is 1. The molecule has 13 heteroatoms. The fourth-order valence-electron chi connectivity index (χ4n) is 3.11. The van der Waals surface area contributed by atoms with Gasteiger partial charge in [-0.15, -0.1) is 0 Å². The summed E-state index contributed by atoms with van der Waals surface area (Å²) < 4.78 is 5.26. The molecular formula is C27H23N5O8. The van der Waals surface area contributed by atoms with Gasteiger partial charge in [0, 0.05) is 53.1 Å². The Labute approximate surface area is 227 Å². The molecule has 0 unspecified atom stereocenters. The van der Waals surface area contributed by atoms with Crippen LogP contribution in [0.2, 0.25) is 0 Å². The first-order valence-electron chi connectivity index (χ1n) is 11.7. The van der Waals surface area contributed by atoms with Crippen LogP contribution in [0.3, 0.4) is 0 Å². The molecule has 0 aliphatic carbocycles. The molecule has 0 saturated heterocycles. The lowest BCUT2D eigenvalue weighted by Crippen LogP contribution is -2.19. The summed E-state index contributed by atoms with van der Waals surface area (Å²) in [5.74, 6) is -1.91. The highest BCUT2D eigenvalue weighted by atomic mass is 16.6. The minimum Gasteiger partial charge on any atom is -0.423 e. The Morgan fingerprint density at radius 1 is 0.925 bits per heavy atom. The van der Waals surface area contributed by atoms with Gasteiger partial charge in [-0.05, 0) is 42.0 Å². The molecule has 0 bridgehead atoms. The molecule has 0 spiro atoms. The van der Waals surface area contributed by atoms with Crippen LogP contribution < -0.4 is 15.5 Å². The van der Waals surface area contributed by atoms with Gasteiger partial charge in [0.05, 0.1) is 16.1 Å². The number of amides is 2. The first-order valence-corrected chi connectivity index (χ1v) is 11.7. The minimum absolute atomic E-state index is 0.0262. The van der Waals surface area contributed by atoms with Crippen molar-refractivity contribution in [2.24, 2.45) is 11.0 Å². The molecule has 2 N–H and O–H groups in total. The normalized spacial score (nSPS) is 11.0. The lowest BCUT2D eigenvalue weighted by molar-refractivity contribution is -0.385. The molecule has 3 aromatic rings. The number of nitro groups is 2. The average Bonchev–Trinajstić information content (AvgIpc) is 2.93. The van der Waals surface area contributed by atoms with E-state index in [0.717, 1.165) is 24.4 Å². The van der Waals surface area contributed by atoms with E-state index in [0.29, 0.717) is 11.3 Å². The van der Waals surface area contributed by atoms with Gasteiger partial charge < -0.3 is 10.1 Å². The molecule has 3 aromatic carbocycles. The van der Waals surface area contributed by atoms with Gasteiger partial charge in [0.15, 0.2) is 0 Å². The second-order valence-electron chi connectivity index (χ2n) is 8.51. The Hall–Kier alpha value is -5.72. The lowest BCUT2D eigenvalue weighted by atomic mass is 10.1. The Morgan fingerprint density at radius 3 is 2.25 bits per heavy atom. The first-order chi connectivity index (χ1) is 19.0. The summed E-state index contributed by atoms with van der Waals surface area (Å²) in [6, 6.07) is 15.1. The highest BCUT2D eigenvalue weighted by Crippen LogP contribution is 2.23. The van der Waals surface area contributed by atoms with Gasteiger partial charge in [-0.3, -0.25) is 29.8 Å². The van der Waals surface area contributed by atoms with Crippen LogP contribution in [0.25, 0.3) is 6.08 Å². The molecule has 0 aromatic heterocycles. The molecule has 2 amide bonds. The fraction of sp³-hybridized carbons (Fsp3) is 0.111. The first kappa shape index (κ1) is 28.8. The van der Waals surface area contributed by atoms with Gasteiger partial charge in [0.1, 0.15) is 5.75 Å². The number of hydrogen-bond acceptors (Lipinski definition) is 9. The molecule has 0 heterocycles. The largest absolute Gasteiger partial charge is 0.423 e. The highest BCUT2D eigenvalue weighted by molar-refractivity contribution is 5.97. The van der Waals surface area contributed by atoms with Crippen molar-refractivity contribution in [3.63, 3.8) is 0 Å².